The Kier molecular flexibility index (Phi) is 5.52. The number of aromatic nitrogens is 1. The van der Waals surface area contributed by atoms with Gasteiger partial charge in [-0.05, 0) is 47.7 Å². The summed E-state index contributed by atoms with van der Waals surface area (Å²) in [6.07, 6.45) is 3.12. The molecule has 0 bridgehead atoms. The van der Waals surface area contributed by atoms with E-state index in [-0.39, 0.29) is 30.5 Å². The molecule has 1 atom stereocenters. The van der Waals surface area contributed by atoms with Gasteiger partial charge in [0.05, 0.1) is 6.61 Å². The summed E-state index contributed by atoms with van der Waals surface area (Å²) in [5.74, 6) is -0.273. The number of aliphatic hydroxyl groups excluding tert-OH is 1. The molecule has 1 aliphatic rings. The lowest BCUT2D eigenvalue weighted by atomic mass is 9.81. The fourth-order valence-electron chi connectivity index (χ4n) is 3.32. The van der Waals surface area contributed by atoms with Gasteiger partial charge in [0.1, 0.15) is 11.5 Å². The van der Waals surface area contributed by atoms with Gasteiger partial charge in [0.25, 0.3) is 0 Å². The van der Waals surface area contributed by atoms with Crippen LogP contribution in [-0.2, 0) is 17.8 Å². The molecule has 130 valence electrons. The van der Waals surface area contributed by atoms with Crippen molar-refractivity contribution in [3.05, 3.63) is 62.9 Å². The monoisotopic (exact) mass is 377 g/mol. The summed E-state index contributed by atoms with van der Waals surface area (Å²) in [4.78, 5) is 28.8. The molecule has 1 N–H and O–H groups in total. The van der Waals surface area contributed by atoms with Crippen molar-refractivity contribution in [1.82, 2.24) is 4.98 Å². The molecule has 4 nitrogen and oxygen atoms in total. The number of nitrogens with zero attached hydrogens (tertiary/aromatic N) is 1. The molecule has 3 rings (SSSR count). The molecule has 1 aromatic carbocycles. The number of halogens is 2. The van der Waals surface area contributed by atoms with Gasteiger partial charge in [-0.25, -0.2) is 0 Å². The zero-order valence-corrected chi connectivity index (χ0v) is 15.0. The highest BCUT2D eigenvalue weighted by Crippen LogP contribution is 2.33. The van der Waals surface area contributed by atoms with Gasteiger partial charge in [-0.3, -0.25) is 14.6 Å². The Balaban J connectivity index is 1.79. The molecule has 2 aromatic rings. The minimum absolute atomic E-state index is 0.0111. The summed E-state index contributed by atoms with van der Waals surface area (Å²) in [5, 5.41) is 10.4. The van der Waals surface area contributed by atoms with E-state index in [0.717, 1.165) is 5.56 Å². The van der Waals surface area contributed by atoms with Crippen LogP contribution in [0.25, 0.3) is 0 Å². The number of fused-ring (bicyclic) bond motifs is 1. The Hall–Kier alpha value is -1.75. The summed E-state index contributed by atoms with van der Waals surface area (Å²) < 4.78 is 0. The van der Waals surface area contributed by atoms with Gasteiger partial charge in [-0.1, -0.05) is 29.3 Å². The number of benzene rings is 1. The van der Waals surface area contributed by atoms with Crippen molar-refractivity contribution in [2.75, 3.05) is 0 Å². The van der Waals surface area contributed by atoms with Crippen LogP contribution in [0.15, 0.2) is 30.5 Å². The fraction of sp³-hybridized carbons (Fsp3) is 0.316. The minimum Gasteiger partial charge on any atom is -0.392 e. The smallest absolute Gasteiger partial charge is 0.181 e. The van der Waals surface area contributed by atoms with E-state index in [2.05, 4.69) is 4.98 Å². The van der Waals surface area contributed by atoms with E-state index in [4.69, 9.17) is 23.2 Å². The predicted octanol–water partition coefficient (Wildman–Crippen LogP) is 4.14. The van der Waals surface area contributed by atoms with E-state index in [0.29, 0.717) is 46.1 Å². The first-order chi connectivity index (χ1) is 12.0. The number of ketones is 2. The van der Waals surface area contributed by atoms with Crippen LogP contribution in [0.5, 0.6) is 0 Å². The first kappa shape index (κ1) is 18.1. The standard InChI is InChI=1S/C19H17Cl2NO3/c20-12-8-11(10-23)13(16(21)9-12)3-5-17(24)14-4-6-18(25)19-15(14)2-1-7-22-19/h1-2,7-9,14,23H,3-6,10H2. The predicted molar refractivity (Wildman–Crippen MR) is 96.3 cm³/mol. The molecule has 0 radical (unpaired) electrons. The molecule has 0 saturated carbocycles. The van der Waals surface area contributed by atoms with Crippen molar-refractivity contribution in [3.63, 3.8) is 0 Å². The van der Waals surface area contributed by atoms with Gasteiger partial charge < -0.3 is 5.11 Å². The average molecular weight is 378 g/mol. The normalized spacial score (nSPS) is 16.6. The van der Waals surface area contributed by atoms with Crippen LogP contribution in [0, 0.1) is 0 Å². The first-order valence-corrected chi connectivity index (χ1v) is 8.85. The lowest BCUT2D eigenvalue weighted by Gasteiger charge is -2.22. The third-order valence-electron chi connectivity index (χ3n) is 4.57. The molecule has 1 aliphatic carbocycles. The van der Waals surface area contributed by atoms with Crippen molar-refractivity contribution in [2.24, 2.45) is 0 Å². The number of aliphatic hydroxyl groups is 1. The molecule has 25 heavy (non-hydrogen) atoms. The van der Waals surface area contributed by atoms with Crippen LogP contribution in [0.2, 0.25) is 10.0 Å². The van der Waals surface area contributed by atoms with E-state index < -0.39 is 0 Å². The van der Waals surface area contributed by atoms with Crippen LogP contribution >= 0.6 is 23.2 Å². The van der Waals surface area contributed by atoms with Gasteiger partial charge in [0.2, 0.25) is 0 Å². The molecule has 0 spiro atoms. The van der Waals surface area contributed by atoms with E-state index in [1.807, 2.05) is 0 Å². The minimum atomic E-state index is -0.315. The summed E-state index contributed by atoms with van der Waals surface area (Å²) in [6, 6.07) is 6.82. The van der Waals surface area contributed by atoms with Gasteiger partial charge in [-0.2, -0.15) is 0 Å². The third kappa shape index (κ3) is 3.76. The average Bonchev–Trinajstić information content (AvgIpc) is 2.60. The van der Waals surface area contributed by atoms with Gasteiger partial charge in [-0.15, -0.1) is 0 Å². The number of hydrogen-bond donors (Lipinski definition) is 1. The Morgan fingerprint density at radius 1 is 1.32 bits per heavy atom. The maximum absolute atomic E-state index is 12.7. The first-order valence-electron chi connectivity index (χ1n) is 8.09. The Bertz CT molecular complexity index is 835. The maximum Gasteiger partial charge on any atom is 0.181 e. The third-order valence-corrected chi connectivity index (χ3v) is 5.13. The number of hydrogen-bond acceptors (Lipinski definition) is 4. The SMILES string of the molecule is O=C1CCC(C(=O)CCc2c(Cl)cc(Cl)cc2CO)c2cccnc21. The van der Waals surface area contributed by atoms with E-state index >= 15 is 0 Å². The summed E-state index contributed by atoms with van der Waals surface area (Å²) in [6.45, 7) is -0.186. The van der Waals surface area contributed by atoms with E-state index in [1.165, 1.54) is 0 Å². The second-order valence-electron chi connectivity index (χ2n) is 6.11. The molecule has 1 unspecified atom stereocenters. The van der Waals surface area contributed by atoms with Crippen molar-refractivity contribution in [1.29, 1.82) is 0 Å². The van der Waals surface area contributed by atoms with Gasteiger partial charge in [0, 0.05) is 35.0 Å². The molecule has 0 amide bonds. The fourth-order valence-corrected chi connectivity index (χ4v) is 3.95. The Morgan fingerprint density at radius 3 is 2.88 bits per heavy atom. The zero-order valence-electron chi connectivity index (χ0n) is 13.5. The Morgan fingerprint density at radius 2 is 2.12 bits per heavy atom. The molecular formula is C19H17Cl2NO3. The second kappa shape index (κ2) is 7.65. The summed E-state index contributed by atoms with van der Waals surface area (Å²) in [7, 11) is 0. The van der Waals surface area contributed by atoms with Crippen LogP contribution in [0.1, 0.15) is 52.4 Å². The number of carbonyl (C=O) groups is 2. The second-order valence-corrected chi connectivity index (χ2v) is 6.95. The zero-order chi connectivity index (χ0) is 18.0. The van der Waals surface area contributed by atoms with Crippen molar-refractivity contribution < 1.29 is 14.7 Å². The molecule has 6 heteroatoms. The Labute approximate surface area is 155 Å². The number of rotatable bonds is 5. The maximum atomic E-state index is 12.7. The van der Waals surface area contributed by atoms with Gasteiger partial charge in [0.15, 0.2) is 5.78 Å². The summed E-state index contributed by atoms with van der Waals surface area (Å²) >= 11 is 12.2. The van der Waals surface area contributed by atoms with Crippen LogP contribution in [0.3, 0.4) is 0 Å². The highest BCUT2D eigenvalue weighted by Gasteiger charge is 2.31. The van der Waals surface area contributed by atoms with Crippen molar-refractivity contribution in [2.45, 2.75) is 38.2 Å². The van der Waals surface area contributed by atoms with E-state index in [1.54, 1.807) is 30.5 Å². The molecule has 0 aliphatic heterocycles. The highest BCUT2D eigenvalue weighted by atomic mass is 35.5. The van der Waals surface area contributed by atoms with Crippen molar-refractivity contribution in [3.8, 4) is 0 Å². The lowest BCUT2D eigenvalue weighted by molar-refractivity contribution is -0.120. The molecule has 0 fully saturated rings. The molecule has 1 aromatic heterocycles. The van der Waals surface area contributed by atoms with Crippen molar-refractivity contribution >= 4 is 34.8 Å². The largest absolute Gasteiger partial charge is 0.392 e. The molecule has 1 heterocycles. The highest BCUT2D eigenvalue weighted by molar-refractivity contribution is 6.35. The molecular weight excluding hydrogens is 361 g/mol. The topological polar surface area (TPSA) is 67.3 Å². The quantitative estimate of drug-likeness (QED) is 0.849. The number of Topliss-reactive ketones (excluding diaryl/α,β-unsaturated/α-hetero) is 2. The van der Waals surface area contributed by atoms with Crippen LogP contribution < -0.4 is 0 Å². The lowest BCUT2D eigenvalue weighted by Crippen LogP contribution is -2.23. The number of pyridine rings is 1. The van der Waals surface area contributed by atoms with E-state index in [9.17, 15) is 14.7 Å². The van der Waals surface area contributed by atoms with Gasteiger partial charge >= 0.3 is 0 Å². The number of carbonyl (C=O) groups excluding carboxylic acids is 2. The molecule has 0 saturated heterocycles. The van der Waals surface area contributed by atoms with Crippen LogP contribution in [-0.4, -0.2) is 21.7 Å². The summed E-state index contributed by atoms with van der Waals surface area (Å²) in [5.41, 5.74) is 2.49. The van der Waals surface area contributed by atoms with Crippen LogP contribution in [0.4, 0.5) is 0 Å².